The molecule has 0 aliphatic carbocycles. The van der Waals surface area contributed by atoms with Crippen molar-refractivity contribution in [3.63, 3.8) is 0 Å². The Bertz CT molecular complexity index is 384. The lowest BCUT2D eigenvalue weighted by Crippen LogP contribution is -2.19. The van der Waals surface area contributed by atoms with Gasteiger partial charge < -0.3 is 9.53 Å². The lowest BCUT2D eigenvalue weighted by atomic mass is 10.1. The number of ether oxygens (including phenoxy) is 1. The topological polar surface area (TPSA) is 29.5 Å². The van der Waals surface area contributed by atoms with Crippen molar-refractivity contribution < 1.29 is 9.53 Å². The number of hydrogen-bond donors (Lipinski definition) is 0. The number of rotatable bonds is 5. The van der Waals surface area contributed by atoms with Crippen LogP contribution in [0.1, 0.15) is 24.0 Å². The van der Waals surface area contributed by atoms with Gasteiger partial charge in [-0.1, -0.05) is 18.2 Å². The van der Waals surface area contributed by atoms with E-state index >= 15 is 0 Å². The molecule has 1 heterocycles. The normalized spacial score (nSPS) is 16.1. The highest BCUT2D eigenvalue weighted by Gasteiger charge is 2.15. The molecule has 0 N–H and O–H groups in total. The van der Waals surface area contributed by atoms with Crippen molar-refractivity contribution >= 4 is 6.29 Å². The predicted molar refractivity (Wildman–Crippen MR) is 67.3 cm³/mol. The summed E-state index contributed by atoms with van der Waals surface area (Å²) in [5.41, 5.74) is 2.17. The van der Waals surface area contributed by atoms with Gasteiger partial charge in [0, 0.05) is 24.1 Å². The third-order valence-corrected chi connectivity index (χ3v) is 3.28. The molecule has 0 bridgehead atoms. The Morgan fingerprint density at radius 1 is 1.29 bits per heavy atom. The summed E-state index contributed by atoms with van der Waals surface area (Å²) < 4.78 is 5.45. The number of carbonyl (C=O) groups excluding carboxylic acids is 1. The van der Waals surface area contributed by atoms with E-state index in [0.29, 0.717) is 6.42 Å². The zero-order valence-electron chi connectivity index (χ0n) is 10.3. The third-order valence-electron chi connectivity index (χ3n) is 3.28. The number of carbonyl (C=O) groups is 1. The number of likely N-dealkylation sites (tertiary alicyclic amines) is 1. The van der Waals surface area contributed by atoms with Gasteiger partial charge in [-0.25, -0.2) is 0 Å². The lowest BCUT2D eigenvalue weighted by molar-refractivity contribution is -0.107. The van der Waals surface area contributed by atoms with E-state index in [-0.39, 0.29) is 0 Å². The first-order valence-corrected chi connectivity index (χ1v) is 6.16. The molecular formula is C14H19NO2. The summed E-state index contributed by atoms with van der Waals surface area (Å²) in [7, 11) is 1.68. The maximum atomic E-state index is 10.6. The minimum Gasteiger partial charge on any atom is -0.496 e. The van der Waals surface area contributed by atoms with Crippen molar-refractivity contribution in [1.82, 2.24) is 4.90 Å². The molecular weight excluding hydrogens is 214 g/mol. The van der Waals surface area contributed by atoms with E-state index in [0.717, 1.165) is 24.1 Å². The summed E-state index contributed by atoms with van der Waals surface area (Å²) in [6, 6.07) is 6.05. The van der Waals surface area contributed by atoms with Crippen molar-refractivity contribution in [2.45, 2.75) is 25.8 Å². The van der Waals surface area contributed by atoms with E-state index in [9.17, 15) is 4.79 Å². The van der Waals surface area contributed by atoms with Crippen LogP contribution in [0.2, 0.25) is 0 Å². The standard InChI is InChI=1S/C14H19NO2/c1-17-14-12(7-10-16)5-4-6-13(14)11-15-8-2-3-9-15/h4-6,10H,2-3,7-9,11H2,1H3. The molecule has 1 aromatic rings. The van der Waals surface area contributed by atoms with Crippen LogP contribution in [0.4, 0.5) is 0 Å². The van der Waals surface area contributed by atoms with Crippen LogP contribution in [0, 0.1) is 0 Å². The van der Waals surface area contributed by atoms with Crippen LogP contribution in [0.5, 0.6) is 5.75 Å². The maximum absolute atomic E-state index is 10.6. The number of hydrogen-bond acceptors (Lipinski definition) is 3. The maximum Gasteiger partial charge on any atom is 0.126 e. The quantitative estimate of drug-likeness (QED) is 0.729. The van der Waals surface area contributed by atoms with Crippen LogP contribution in [-0.4, -0.2) is 31.4 Å². The highest BCUT2D eigenvalue weighted by atomic mass is 16.5. The zero-order valence-corrected chi connectivity index (χ0v) is 10.3. The van der Waals surface area contributed by atoms with Gasteiger partial charge in [-0.15, -0.1) is 0 Å². The Kier molecular flexibility index (Phi) is 4.15. The molecule has 3 heteroatoms. The zero-order chi connectivity index (χ0) is 12.1. The van der Waals surface area contributed by atoms with Gasteiger partial charge in [-0.05, 0) is 25.9 Å². The van der Waals surface area contributed by atoms with Crippen molar-refractivity contribution in [2.75, 3.05) is 20.2 Å². The number of para-hydroxylation sites is 1. The highest BCUT2D eigenvalue weighted by molar-refractivity contribution is 5.58. The first kappa shape index (κ1) is 12.1. The fourth-order valence-corrected chi connectivity index (χ4v) is 2.46. The second-order valence-corrected chi connectivity index (χ2v) is 4.46. The molecule has 0 spiro atoms. The fraction of sp³-hybridized carbons (Fsp3) is 0.500. The predicted octanol–water partition coefficient (Wildman–Crippen LogP) is 2.03. The Hall–Kier alpha value is -1.35. The number of nitrogens with zero attached hydrogens (tertiary/aromatic N) is 1. The van der Waals surface area contributed by atoms with Crippen molar-refractivity contribution in [1.29, 1.82) is 0 Å². The van der Waals surface area contributed by atoms with Gasteiger partial charge in [-0.3, -0.25) is 4.90 Å². The van der Waals surface area contributed by atoms with Gasteiger partial charge in [0.1, 0.15) is 12.0 Å². The van der Waals surface area contributed by atoms with Crippen LogP contribution in [0.25, 0.3) is 0 Å². The summed E-state index contributed by atoms with van der Waals surface area (Å²) >= 11 is 0. The first-order chi connectivity index (χ1) is 8.35. The van der Waals surface area contributed by atoms with Gasteiger partial charge in [0.25, 0.3) is 0 Å². The van der Waals surface area contributed by atoms with Gasteiger partial charge in [0.15, 0.2) is 0 Å². The summed E-state index contributed by atoms with van der Waals surface area (Å²) in [6.07, 6.45) is 3.93. The van der Waals surface area contributed by atoms with E-state index in [1.807, 2.05) is 12.1 Å². The average Bonchev–Trinajstić information content (AvgIpc) is 2.83. The van der Waals surface area contributed by atoms with E-state index in [1.54, 1.807) is 7.11 Å². The number of aldehydes is 1. The Morgan fingerprint density at radius 3 is 2.65 bits per heavy atom. The van der Waals surface area contributed by atoms with Crippen LogP contribution in [-0.2, 0) is 17.8 Å². The second kappa shape index (κ2) is 5.82. The SMILES string of the molecule is COc1c(CC=O)cccc1CN1CCCC1. The lowest BCUT2D eigenvalue weighted by Gasteiger charge is -2.18. The molecule has 3 nitrogen and oxygen atoms in total. The molecule has 0 radical (unpaired) electrons. The van der Waals surface area contributed by atoms with Gasteiger partial charge in [0.05, 0.1) is 7.11 Å². The summed E-state index contributed by atoms with van der Waals surface area (Å²) in [6.45, 7) is 3.26. The molecule has 1 fully saturated rings. The molecule has 0 atom stereocenters. The Morgan fingerprint density at radius 2 is 2.00 bits per heavy atom. The Balaban J connectivity index is 2.19. The average molecular weight is 233 g/mol. The van der Waals surface area contributed by atoms with Crippen LogP contribution in [0.3, 0.4) is 0 Å². The minimum absolute atomic E-state index is 0.428. The monoisotopic (exact) mass is 233 g/mol. The van der Waals surface area contributed by atoms with E-state index in [1.165, 1.54) is 31.5 Å². The van der Waals surface area contributed by atoms with Gasteiger partial charge in [0.2, 0.25) is 0 Å². The third kappa shape index (κ3) is 2.86. The van der Waals surface area contributed by atoms with E-state index < -0.39 is 0 Å². The molecule has 0 aromatic heterocycles. The molecule has 0 unspecified atom stereocenters. The molecule has 1 aromatic carbocycles. The minimum atomic E-state index is 0.428. The molecule has 0 amide bonds. The van der Waals surface area contributed by atoms with Crippen LogP contribution in [0.15, 0.2) is 18.2 Å². The molecule has 17 heavy (non-hydrogen) atoms. The van der Waals surface area contributed by atoms with Gasteiger partial charge in [-0.2, -0.15) is 0 Å². The molecule has 2 rings (SSSR count). The smallest absolute Gasteiger partial charge is 0.126 e. The molecule has 1 aliphatic heterocycles. The fourth-order valence-electron chi connectivity index (χ4n) is 2.46. The van der Waals surface area contributed by atoms with Crippen molar-refractivity contribution in [3.8, 4) is 5.75 Å². The number of benzene rings is 1. The molecule has 1 aliphatic rings. The van der Waals surface area contributed by atoms with Crippen molar-refractivity contribution in [2.24, 2.45) is 0 Å². The molecule has 92 valence electrons. The van der Waals surface area contributed by atoms with Crippen LogP contribution < -0.4 is 4.74 Å². The van der Waals surface area contributed by atoms with Crippen molar-refractivity contribution in [3.05, 3.63) is 29.3 Å². The van der Waals surface area contributed by atoms with Gasteiger partial charge >= 0.3 is 0 Å². The highest BCUT2D eigenvalue weighted by Crippen LogP contribution is 2.26. The first-order valence-electron chi connectivity index (χ1n) is 6.16. The number of methoxy groups -OCH3 is 1. The summed E-state index contributed by atoms with van der Waals surface area (Å²) in [4.78, 5) is 13.1. The van der Waals surface area contributed by atoms with E-state index in [4.69, 9.17) is 4.74 Å². The van der Waals surface area contributed by atoms with Crippen LogP contribution >= 0.6 is 0 Å². The van der Waals surface area contributed by atoms with E-state index in [2.05, 4.69) is 11.0 Å². The second-order valence-electron chi connectivity index (χ2n) is 4.46. The molecule has 0 saturated carbocycles. The Labute approximate surface area is 102 Å². The summed E-state index contributed by atoms with van der Waals surface area (Å²) in [5.74, 6) is 0.881. The largest absolute Gasteiger partial charge is 0.496 e. The molecule has 1 saturated heterocycles. The summed E-state index contributed by atoms with van der Waals surface area (Å²) in [5, 5.41) is 0.